The number of hydrogen-bond donors (Lipinski definition) is 1. The van der Waals surface area contributed by atoms with Crippen molar-refractivity contribution < 1.29 is 9.53 Å². The Kier molecular flexibility index (Phi) is 4.97. The van der Waals surface area contributed by atoms with E-state index < -0.39 is 0 Å². The first kappa shape index (κ1) is 16.7. The fourth-order valence-electron chi connectivity index (χ4n) is 2.64. The molecule has 2 heterocycles. The molecule has 1 N–H and O–H groups in total. The third kappa shape index (κ3) is 3.66. The zero-order chi connectivity index (χ0) is 17.1. The van der Waals surface area contributed by atoms with Crippen LogP contribution in [0.2, 0.25) is 5.02 Å². The number of benzene rings is 1. The average molecular weight is 347 g/mol. The Morgan fingerprint density at radius 1 is 1.21 bits per heavy atom. The van der Waals surface area contributed by atoms with Gasteiger partial charge in [0.25, 0.3) is 5.91 Å². The molecular weight excluding hydrogens is 328 g/mol. The Morgan fingerprint density at radius 3 is 2.50 bits per heavy atom. The van der Waals surface area contributed by atoms with Crippen LogP contribution in [-0.2, 0) is 4.74 Å². The van der Waals surface area contributed by atoms with Crippen molar-refractivity contribution in [3.63, 3.8) is 0 Å². The molecule has 0 radical (unpaired) electrons. The molecular formula is C17H19ClN4O2. The molecule has 24 heavy (non-hydrogen) atoms. The molecule has 1 aliphatic heterocycles. The van der Waals surface area contributed by atoms with Crippen LogP contribution in [0.4, 0.5) is 11.6 Å². The maximum atomic E-state index is 12.4. The highest BCUT2D eigenvalue weighted by atomic mass is 35.5. The minimum Gasteiger partial charge on any atom is -0.378 e. The lowest BCUT2D eigenvalue weighted by Gasteiger charge is -2.26. The van der Waals surface area contributed by atoms with Crippen molar-refractivity contribution in [1.29, 1.82) is 0 Å². The highest BCUT2D eigenvalue weighted by Crippen LogP contribution is 2.29. The van der Waals surface area contributed by atoms with Crippen molar-refractivity contribution in [3.8, 4) is 0 Å². The van der Waals surface area contributed by atoms with E-state index >= 15 is 0 Å². The van der Waals surface area contributed by atoms with Gasteiger partial charge in [-0.1, -0.05) is 17.7 Å². The van der Waals surface area contributed by atoms with Crippen LogP contribution in [0.3, 0.4) is 0 Å². The number of amides is 1. The van der Waals surface area contributed by atoms with E-state index in [4.69, 9.17) is 16.3 Å². The number of aromatic nitrogens is 2. The van der Waals surface area contributed by atoms with Gasteiger partial charge in [-0.2, -0.15) is 0 Å². The first-order chi connectivity index (χ1) is 11.5. The van der Waals surface area contributed by atoms with Gasteiger partial charge in [-0.05, 0) is 31.0 Å². The Bertz CT molecular complexity index is 720. The minimum atomic E-state index is -0.0746. The number of carbonyl (C=O) groups excluding carboxylic acids is 1. The number of ether oxygens (including phenoxy) is 1. The maximum absolute atomic E-state index is 12.4. The molecule has 0 saturated carbocycles. The second-order valence-corrected chi connectivity index (χ2v) is 6.17. The van der Waals surface area contributed by atoms with E-state index in [0.717, 1.165) is 16.8 Å². The van der Waals surface area contributed by atoms with Crippen LogP contribution in [0.15, 0.2) is 24.5 Å². The Balaban J connectivity index is 1.74. The first-order valence-corrected chi connectivity index (χ1v) is 8.15. The Morgan fingerprint density at radius 2 is 1.88 bits per heavy atom. The number of anilines is 2. The van der Waals surface area contributed by atoms with Crippen LogP contribution < -0.4 is 5.32 Å². The van der Waals surface area contributed by atoms with E-state index in [-0.39, 0.29) is 5.91 Å². The summed E-state index contributed by atoms with van der Waals surface area (Å²) >= 11 is 6.28. The van der Waals surface area contributed by atoms with Crippen LogP contribution in [0.1, 0.15) is 21.5 Å². The summed E-state index contributed by atoms with van der Waals surface area (Å²) in [5.74, 6) is 0.330. The molecule has 3 rings (SSSR count). The SMILES string of the molecule is Cc1cc(C)c(Nc2ncc(C(=O)N3CCOCC3)cn2)c(Cl)c1. The van der Waals surface area contributed by atoms with Gasteiger partial charge in [0, 0.05) is 25.5 Å². The van der Waals surface area contributed by atoms with Crippen LogP contribution in [-0.4, -0.2) is 47.1 Å². The molecule has 1 saturated heterocycles. The van der Waals surface area contributed by atoms with Crippen LogP contribution in [0, 0.1) is 13.8 Å². The topological polar surface area (TPSA) is 67.4 Å². The van der Waals surface area contributed by atoms with Gasteiger partial charge in [-0.25, -0.2) is 9.97 Å². The minimum absolute atomic E-state index is 0.0746. The molecule has 1 fully saturated rings. The average Bonchev–Trinajstić information content (AvgIpc) is 2.59. The number of halogens is 1. The summed E-state index contributed by atoms with van der Waals surface area (Å²) in [4.78, 5) is 22.6. The lowest BCUT2D eigenvalue weighted by molar-refractivity contribution is 0.0302. The lowest BCUT2D eigenvalue weighted by atomic mass is 10.1. The van der Waals surface area contributed by atoms with Crippen molar-refractivity contribution in [2.24, 2.45) is 0 Å². The number of morpholine rings is 1. The highest BCUT2D eigenvalue weighted by molar-refractivity contribution is 6.33. The van der Waals surface area contributed by atoms with Crippen molar-refractivity contribution in [2.45, 2.75) is 13.8 Å². The van der Waals surface area contributed by atoms with Gasteiger partial charge in [-0.3, -0.25) is 4.79 Å². The fourth-order valence-corrected chi connectivity index (χ4v) is 3.01. The summed E-state index contributed by atoms with van der Waals surface area (Å²) in [6.45, 7) is 6.28. The molecule has 0 unspecified atom stereocenters. The molecule has 1 aliphatic rings. The number of carbonyl (C=O) groups is 1. The van der Waals surface area contributed by atoms with Gasteiger partial charge in [0.1, 0.15) is 0 Å². The summed E-state index contributed by atoms with van der Waals surface area (Å²) < 4.78 is 5.25. The summed E-state index contributed by atoms with van der Waals surface area (Å²) in [7, 11) is 0. The second kappa shape index (κ2) is 7.15. The quantitative estimate of drug-likeness (QED) is 0.925. The summed E-state index contributed by atoms with van der Waals surface area (Å²) in [6, 6.07) is 3.91. The molecule has 1 aromatic carbocycles. The normalized spacial score (nSPS) is 14.5. The maximum Gasteiger partial charge on any atom is 0.257 e. The molecule has 0 bridgehead atoms. The van der Waals surface area contributed by atoms with Gasteiger partial charge in [-0.15, -0.1) is 0 Å². The second-order valence-electron chi connectivity index (χ2n) is 5.76. The third-order valence-electron chi connectivity index (χ3n) is 3.87. The molecule has 126 valence electrons. The number of nitrogens with one attached hydrogen (secondary N) is 1. The molecule has 6 nitrogen and oxygen atoms in total. The molecule has 1 amide bonds. The summed E-state index contributed by atoms with van der Waals surface area (Å²) in [5.41, 5.74) is 3.34. The first-order valence-electron chi connectivity index (χ1n) is 7.77. The van der Waals surface area contributed by atoms with Gasteiger partial charge in [0.2, 0.25) is 5.95 Å². The van der Waals surface area contributed by atoms with Gasteiger partial charge in [0.05, 0.1) is 29.5 Å². The van der Waals surface area contributed by atoms with Crippen molar-refractivity contribution in [3.05, 3.63) is 46.2 Å². The zero-order valence-electron chi connectivity index (χ0n) is 13.7. The molecule has 0 atom stereocenters. The smallest absolute Gasteiger partial charge is 0.257 e. The van der Waals surface area contributed by atoms with Gasteiger partial charge >= 0.3 is 0 Å². The fraction of sp³-hybridized carbons (Fsp3) is 0.353. The van der Waals surface area contributed by atoms with E-state index in [9.17, 15) is 4.79 Å². The largest absolute Gasteiger partial charge is 0.378 e. The molecule has 0 spiro atoms. The summed E-state index contributed by atoms with van der Waals surface area (Å²) in [5, 5.41) is 3.73. The van der Waals surface area contributed by atoms with Crippen molar-refractivity contribution >= 4 is 29.1 Å². The van der Waals surface area contributed by atoms with E-state index in [2.05, 4.69) is 15.3 Å². The third-order valence-corrected chi connectivity index (χ3v) is 4.16. The molecule has 1 aromatic heterocycles. The number of hydrogen-bond acceptors (Lipinski definition) is 5. The molecule has 0 aliphatic carbocycles. The van der Waals surface area contributed by atoms with Gasteiger partial charge in [0.15, 0.2) is 0 Å². The van der Waals surface area contributed by atoms with E-state index in [0.29, 0.717) is 42.8 Å². The zero-order valence-corrected chi connectivity index (χ0v) is 14.4. The Hall–Kier alpha value is -2.18. The van der Waals surface area contributed by atoms with Crippen LogP contribution in [0.5, 0.6) is 0 Å². The Labute approximate surface area is 145 Å². The number of nitrogens with zero attached hydrogens (tertiary/aromatic N) is 3. The van der Waals surface area contributed by atoms with E-state index in [1.54, 1.807) is 4.90 Å². The monoisotopic (exact) mass is 346 g/mol. The molecule has 7 heteroatoms. The number of rotatable bonds is 3. The van der Waals surface area contributed by atoms with E-state index in [1.807, 2.05) is 26.0 Å². The highest BCUT2D eigenvalue weighted by Gasteiger charge is 2.19. The van der Waals surface area contributed by atoms with Crippen molar-refractivity contribution in [2.75, 3.05) is 31.6 Å². The lowest BCUT2D eigenvalue weighted by Crippen LogP contribution is -2.40. The number of aryl methyl sites for hydroxylation is 2. The summed E-state index contributed by atoms with van der Waals surface area (Å²) in [6.07, 6.45) is 3.06. The van der Waals surface area contributed by atoms with Gasteiger partial charge < -0.3 is 15.0 Å². The van der Waals surface area contributed by atoms with Crippen LogP contribution in [0.25, 0.3) is 0 Å². The van der Waals surface area contributed by atoms with Crippen LogP contribution >= 0.6 is 11.6 Å². The standard InChI is InChI=1S/C17H19ClN4O2/c1-11-7-12(2)15(14(18)8-11)21-17-19-9-13(10-20-17)16(23)22-3-5-24-6-4-22/h7-10H,3-6H2,1-2H3,(H,19,20,21). The van der Waals surface area contributed by atoms with E-state index in [1.165, 1.54) is 12.4 Å². The predicted octanol–water partition coefficient (Wildman–Crippen LogP) is 2.96. The molecule has 2 aromatic rings. The van der Waals surface area contributed by atoms with Crippen molar-refractivity contribution in [1.82, 2.24) is 14.9 Å². The predicted molar refractivity (Wildman–Crippen MR) is 93.0 cm³/mol.